The van der Waals surface area contributed by atoms with Gasteiger partial charge in [0, 0.05) is 18.0 Å². The fraction of sp³-hybridized carbons (Fsp3) is 0.857. The predicted octanol–water partition coefficient (Wildman–Crippen LogP) is -2.16. The summed E-state index contributed by atoms with van der Waals surface area (Å²) in [4.78, 5) is 19.4. The third-order valence-corrected chi connectivity index (χ3v) is 2.24. The Morgan fingerprint density at radius 2 is 2.19 bits per heavy atom. The standard InChI is InChI=1S/C7H15N2O6P/c1-4(11)9-5(3-10)7(6(12)2-8)15-16(13)14/h5-7,10,12H,2-3,8H2,1H3,(H-,9,11,13,14)/p+1. The van der Waals surface area contributed by atoms with Gasteiger partial charge in [-0.05, 0) is 0 Å². The van der Waals surface area contributed by atoms with Crippen LogP contribution < -0.4 is 11.1 Å². The molecule has 0 aliphatic carbocycles. The molecule has 94 valence electrons. The second kappa shape index (κ2) is 7.61. The first-order valence-corrected chi connectivity index (χ1v) is 5.64. The normalized spacial score (nSPS) is 17.4. The first kappa shape index (κ1) is 15.4. The fourth-order valence-corrected chi connectivity index (χ4v) is 1.64. The summed E-state index contributed by atoms with van der Waals surface area (Å²) in [6, 6.07) is -0.998. The van der Waals surface area contributed by atoms with Crippen LogP contribution in [-0.2, 0) is 13.9 Å². The smallest absolute Gasteiger partial charge is 0.394 e. The van der Waals surface area contributed by atoms with Gasteiger partial charge in [-0.3, -0.25) is 4.79 Å². The van der Waals surface area contributed by atoms with Crippen LogP contribution in [0.1, 0.15) is 6.92 Å². The molecule has 4 atom stereocenters. The molecule has 1 amide bonds. The number of hydrogen-bond acceptors (Lipinski definition) is 6. The van der Waals surface area contributed by atoms with Gasteiger partial charge in [-0.15, -0.1) is 9.42 Å². The largest absolute Gasteiger partial charge is 0.695 e. The highest BCUT2D eigenvalue weighted by Crippen LogP contribution is 2.22. The quantitative estimate of drug-likeness (QED) is 0.326. The van der Waals surface area contributed by atoms with Crippen LogP contribution in [-0.4, -0.2) is 52.4 Å². The number of carbonyl (C=O) groups is 1. The Morgan fingerprint density at radius 1 is 1.62 bits per heavy atom. The van der Waals surface area contributed by atoms with E-state index in [0.29, 0.717) is 0 Å². The molecule has 4 unspecified atom stereocenters. The van der Waals surface area contributed by atoms with Crippen LogP contribution in [0, 0.1) is 0 Å². The highest BCUT2D eigenvalue weighted by molar-refractivity contribution is 7.32. The lowest BCUT2D eigenvalue weighted by Crippen LogP contribution is -2.52. The van der Waals surface area contributed by atoms with Crippen molar-refractivity contribution >= 4 is 14.2 Å². The van der Waals surface area contributed by atoms with E-state index in [1.54, 1.807) is 0 Å². The molecule has 0 aromatic carbocycles. The molecule has 0 heterocycles. The number of aliphatic hydroxyl groups excluding tert-OH is 2. The average molecular weight is 255 g/mol. The zero-order chi connectivity index (χ0) is 12.7. The Hall–Kier alpha value is -0.630. The number of nitrogens with one attached hydrogen (secondary N) is 1. The zero-order valence-electron chi connectivity index (χ0n) is 8.74. The Bertz CT molecular complexity index is 251. The molecular formula is C7H16N2O6P+. The van der Waals surface area contributed by atoms with Crippen LogP contribution in [0.5, 0.6) is 0 Å². The average Bonchev–Trinajstić information content (AvgIpc) is 2.21. The summed E-state index contributed by atoms with van der Waals surface area (Å²) in [5.41, 5.74) is 5.17. The van der Waals surface area contributed by atoms with Crippen molar-refractivity contribution in [2.45, 2.75) is 25.2 Å². The molecule has 16 heavy (non-hydrogen) atoms. The molecule has 9 heteroatoms. The highest BCUT2D eigenvalue weighted by atomic mass is 31.1. The van der Waals surface area contributed by atoms with Gasteiger partial charge in [0.2, 0.25) is 5.91 Å². The third-order valence-electron chi connectivity index (χ3n) is 1.81. The molecule has 0 radical (unpaired) electrons. The number of rotatable bonds is 7. The van der Waals surface area contributed by atoms with E-state index < -0.39 is 39.0 Å². The third kappa shape index (κ3) is 5.45. The fourth-order valence-electron chi connectivity index (χ4n) is 1.14. The van der Waals surface area contributed by atoms with Crippen LogP contribution in [0.2, 0.25) is 0 Å². The van der Waals surface area contributed by atoms with Crippen molar-refractivity contribution in [1.82, 2.24) is 5.32 Å². The topological polar surface area (TPSA) is 142 Å². The van der Waals surface area contributed by atoms with Gasteiger partial charge in [-0.1, -0.05) is 0 Å². The van der Waals surface area contributed by atoms with E-state index in [4.69, 9.17) is 15.7 Å². The minimum absolute atomic E-state index is 0.232. The Morgan fingerprint density at radius 3 is 2.50 bits per heavy atom. The molecule has 0 bridgehead atoms. The van der Waals surface area contributed by atoms with Gasteiger partial charge in [0.25, 0.3) is 0 Å². The second-order valence-corrected chi connectivity index (χ2v) is 3.79. The summed E-state index contributed by atoms with van der Waals surface area (Å²) < 4.78 is 15.0. The minimum atomic E-state index is -2.97. The number of carbonyl (C=O) groups excluding carboxylic acids is 1. The van der Waals surface area contributed by atoms with Crippen molar-refractivity contribution in [1.29, 1.82) is 0 Å². The lowest BCUT2D eigenvalue weighted by atomic mass is 10.1. The number of nitrogens with two attached hydrogens (primary N) is 1. The van der Waals surface area contributed by atoms with Crippen LogP contribution in [0.4, 0.5) is 0 Å². The van der Waals surface area contributed by atoms with Gasteiger partial charge < -0.3 is 21.3 Å². The molecular weight excluding hydrogens is 239 g/mol. The Balaban J connectivity index is 4.67. The molecule has 0 rings (SSSR count). The van der Waals surface area contributed by atoms with E-state index in [2.05, 4.69) is 9.84 Å². The molecule has 8 nitrogen and oxygen atoms in total. The summed E-state index contributed by atoms with van der Waals surface area (Å²) in [6.45, 7) is 0.419. The van der Waals surface area contributed by atoms with Crippen molar-refractivity contribution in [2.24, 2.45) is 5.73 Å². The van der Waals surface area contributed by atoms with E-state index in [-0.39, 0.29) is 6.54 Å². The lowest BCUT2D eigenvalue weighted by Gasteiger charge is -2.24. The maximum absolute atomic E-state index is 10.8. The molecule has 0 saturated heterocycles. The molecule has 0 aromatic rings. The van der Waals surface area contributed by atoms with E-state index in [9.17, 15) is 14.5 Å². The van der Waals surface area contributed by atoms with Crippen molar-refractivity contribution in [3.63, 3.8) is 0 Å². The van der Waals surface area contributed by atoms with Gasteiger partial charge >= 0.3 is 8.25 Å². The van der Waals surface area contributed by atoms with Crippen LogP contribution in [0.15, 0.2) is 0 Å². The van der Waals surface area contributed by atoms with E-state index in [1.807, 2.05) is 0 Å². The minimum Gasteiger partial charge on any atom is -0.394 e. The van der Waals surface area contributed by atoms with Gasteiger partial charge in [0.1, 0.15) is 0 Å². The number of amides is 1. The summed E-state index contributed by atoms with van der Waals surface area (Å²) in [5.74, 6) is -0.468. The predicted molar refractivity (Wildman–Crippen MR) is 54.5 cm³/mol. The van der Waals surface area contributed by atoms with E-state index >= 15 is 0 Å². The van der Waals surface area contributed by atoms with Gasteiger partial charge in [0.05, 0.1) is 18.8 Å². The summed E-state index contributed by atoms with van der Waals surface area (Å²) in [5, 5.41) is 20.7. The Kier molecular flexibility index (Phi) is 7.31. The SMILES string of the molecule is CC(=O)NC(CO)C(O[P+](=O)O)C(O)CN. The van der Waals surface area contributed by atoms with E-state index in [1.165, 1.54) is 6.92 Å². The van der Waals surface area contributed by atoms with E-state index in [0.717, 1.165) is 0 Å². The lowest BCUT2D eigenvalue weighted by molar-refractivity contribution is -0.121. The molecule has 0 aliphatic heterocycles. The van der Waals surface area contributed by atoms with Gasteiger partial charge in [-0.25, -0.2) is 0 Å². The molecule has 6 N–H and O–H groups in total. The second-order valence-electron chi connectivity index (χ2n) is 3.10. The van der Waals surface area contributed by atoms with Crippen LogP contribution in [0.25, 0.3) is 0 Å². The summed E-state index contributed by atoms with van der Waals surface area (Å²) in [6.07, 6.45) is -2.51. The van der Waals surface area contributed by atoms with Crippen molar-refractivity contribution in [3.05, 3.63) is 0 Å². The summed E-state index contributed by atoms with van der Waals surface area (Å²) in [7, 11) is -2.97. The molecule has 0 spiro atoms. The Labute approximate surface area is 93.4 Å². The van der Waals surface area contributed by atoms with Crippen molar-refractivity contribution in [3.8, 4) is 0 Å². The zero-order valence-corrected chi connectivity index (χ0v) is 9.63. The maximum atomic E-state index is 10.8. The monoisotopic (exact) mass is 255 g/mol. The van der Waals surface area contributed by atoms with Gasteiger partial charge in [0.15, 0.2) is 6.10 Å². The molecule has 0 aliphatic rings. The van der Waals surface area contributed by atoms with Gasteiger partial charge in [-0.2, -0.15) is 0 Å². The summed E-state index contributed by atoms with van der Waals surface area (Å²) >= 11 is 0. The molecule has 0 aromatic heterocycles. The first-order chi connectivity index (χ1) is 7.42. The van der Waals surface area contributed by atoms with Crippen LogP contribution >= 0.6 is 8.25 Å². The molecule has 0 fully saturated rings. The molecule has 0 saturated carbocycles. The maximum Gasteiger partial charge on any atom is 0.695 e. The van der Waals surface area contributed by atoms with Crippen molar-refractivity contribution in [2.75, 3.05) is 13.2 Å². The highest BCUT2D eigenvalue weighted by Gasteiger charge is 2.36. The van der Waals surface area contributed by atoms with Crippen molar-refractivity contribution < 1.29 is 29.0 Å². The number of aliphatic hydroxyl groups is 2. The first-order valence-electron chi connectivity index (χ1n) is 4.51. The number of hydrogen-bond donors (Lipinski definition) is 5. The van der Waals surface area contributed by atoms with Crippen LogP contribution in [0.3, 0.4) is 0 Å².